The molecular weight excluding hydrogens is 534 g/mol. The zero-order valence-corrected chi connectivity index (χ0v) is 24.8. The number of benzene rings is 3. The second-order valence-electron chi connectivity index (χ2n) is 10.7. The molecule has 0 aliphatic heterocycles. The number of hydrogen-bond acceptors (Lipinski definition) is 4. The van der Waals surface area contributed by atoms with Crippen molar-refractivity contribution in [1.82, 2.24) is 10.2 Å². The van der Waals surface area contributed by atoms with E-state index in [1.807, 2.05) is 39.8 Å². The second-order valence-corrected chi connectivity index (χ2v) is 13.0. The molecule has 0 aliphatic rings. The number of hydrogen-bond donors (Lipinski definition) is 1. The molecule has 0 saturated carbocycles. The lowest BCUT2D eigenvalue weighted by molar-refractivity contribution is -0.140. The maximum Gasteiger partial charge on any atom is 0.264 e. The summed E-state index contributed by atoms with van der Waals surface area (Å²) in [4.78, 5) is 28.6. The van der Waals surface area contributed by atoms with E-state index in [0.29, 0.717) is 16.3 Å². The van der Waals surface area contributed by atoms with E-state index in [-0.39, 0.29) is 17.3 Å². The number of aryl methyl sites for hydroxylation is 2. The molecule has 39 heavy (non-hydrogen) atoms. The number of sulfonamides is 1. The van der Waals surface area contributed by atoms with Gasteiger partial charge in [-0.2, -0.15) is 0 Å². The standard InChI is InChI=1S/C30H36ClN3O4S/c1-21-12-13-22(2)27(18-21)34(39(37,38)26-10-8-7-9-11-26)20-28(35)33(19-24-14-16-25(31)17-15-24)23(3)29(36)32-30(4,5)6/h7-18,23H,19-20H2,1-6H3,(H,32,36)/t23-/m0/s1. The van der Waals surface area contributed by atoms with Crippen molar-refractivity contribution in [2.45, 2.75) is 64.6 Å². The van der Waals surface area contributed by atoms with Gasteiger partial charge in [0.2, 0.25) is 11.8 Å². The minimum Gasteiger partial charge on any atom is -0.350 e. The van der Waals surface area contributed by atoms with Crippen LogP contribution in [0.3, 0.4) is 0 Å². The average molecular weight is 570 g/mol. The largest absolute Gasteiger partial charge is 0.350 e. The predicted octanol–water partition coefficient (Wildman–Crippen LogP) is 5.48. The third-order valence-corrected chi connectivity index (χ3v) is 8.20. The monoisotopic (exact) mass is 569 g/mol. The molecule has 2 amide bonds. The Bertz CT molecular complexity index is 1420. The first-order valence-corrected chi connectivity index (χ1v) is 14.5. The predicted molar refractivity (Wildman–Crippen MR) is 156 cm³/mol. The van der Waals surface area contributed by atoms with E-state index in [9.17, 15) is 18.0 Å². The van der Waals surface area contributed by atoms with Crippen LogP contribution in [0, 0.1) is 13.8 Å². The Hall–Kier alpha value is -3.36. The van der Waals surface area contributed by atoms with Crippen molar-refractivity contribution >= 4 is 39.1 Å². The zero-order valence-electron chi connectivity index (χ0n) is 23.2. The number of carbonyl (C=O) groups is 2. The molecular formula is C30H36ClN3O4S. The summed E-state index contributed by atoms with van der Waals surface area (Å²) < 4.78 is 28.9. The first-order chi connectivity index (χ1) is 18.2. The van der Waals surface area contributed by atoms with Gasteiger partial charge in [-0.1, -0.05) is 54.1 Å². The average Bonchev–Trinajstić information content (AvgIpc) is 2.87. The Balaban J connectivity index is 2.06. The van der Waals surface area contributed by atoms with Crippen molar-refractivity contribution in [1.29, 1.82) is 0 Å². The highest BCUT2D eigenvalue weighted by Crippen LogP contribution is 2.28. The van der Waals surface area contributed by atoms with Crippen molar-refractivity contribution in [3.8, 4) is 0 Å². The second kappa shape index (κ2) is 12.2. The smallest absolute Gasteiger partial charge is 0.264 e. The van der Waals surface area contributed by atoms with Gasteiger partial charge in [-0.05, 0) is 88.6 Å². The summed E-state index contributed by atoms with van der Waals surface area (Å²) in [6, 6.07) is 19.6. The summed E-state index contributed by atoms with van der Waals surface area (Å²) in [6.45, 7) is 10.5. The molecule has 0 bridgehead atoms. The maximum absolute atomic E-state index is 14.0. The Kier molecular flexibility index (Phi) is 9.46. The molecule has 0 saturated heterocycles. The quantitative estimate of drug-likeness (QED) is 0.369. The lowest BCUT2D eigenvalue weighted by Gasteiger charge is -2.34. The van der Waals surface area contributed by atoms with Crippen LogP contribution >= 0.6 is 11.6 Å². The van der Waals surface area contributed by atoms with E-state index < -0.39 is 34.1 Å². The molecule has 7 nitrogen and oxygen atoms in total. The first-order valence-electron chi connectivity index (χ1n) is 12.7. The highest BCUT2D eigenvalue weighted by Gasteiger charge is 2.33. The van der Waals surface area contributed by atoms with Crippen molar-refractivity contribution in [2.24, 2.45) is 0 Å². The summed E-state index contributed by atoms with van der Waals surface area (Å²) in [5, 5.41) is 3.47. The molecule has 0 aliphatic carbocycles. The number of rotatable bonds is 9. The Morgan fingerprint density at radius 3 is 2.15 bits per heavy atom. The minimum absolute atomic E-state index is 0.0708. The number of anilines is 1. The van der Waals surface area contributed by atoms with Crippen LogP contribution in [-0.4, -0.2) is 43.3 Å². The number of nitrogens with one attached hydrogen (secondary N) is 1. The number of halogens is 1. The fourth-order valence-corrected chi connectivity index (χ4v) is 5.68. The number of amides is 2. The summed E-state index contributed by atoms with van der Waals surface area (Å²) >= 11 is 6.05. The normalized spacial score (nSPS) is 12.5. The van der Waals surface area contributed by atoms with Crippen LogP contribution in [0.2, 0.25) is 5.02 Å². The molecule has 0 radical (unpaired) electrons. The molecule has 3 aromatic carbocycles. The lowest BCUT2D eigenvalue weighted by atomic mass is 10.1. The molecule has 0 spiro atoms. The molecule has 3 rings (SSSR count). The minimum atomic E-state index is -4.11. The van der Waals surface area contributed by atoms with Gasteiger partial charge in [-0.3, -0.25) is 13.9 Å². The van der Waals surface area contributed by atoms with Crippen LogP contribution in [0.25, 0.3) is 0 Å². The molecule has 1 atom stereocenters. The number of nitrogens with zero attached hydrogens (tertiary/aromatic N) is 2. The van der Waals surface area contributed by atoms with E-state index >= 15 is 0 Å². The molecule has 0 fully saturated rings. The topological polar surface area (TPSA) is 86.8 Å². The summed E-state index contributed by atoms with van der Waals surface area (Å²) in [5.41, 5.74) is 2.21. The molecule has 0 heterocycles. The molecule has 9 heteroatoms. The van der Waals surface area contributed by atoms with Gasteiger partial charge in [0.1, 0.15) is 12.6 Å². The fraction of sp³-hybridized carbons (Fsp3) is 0.333. The lowest BCUT2D eigenvalue weighted by Crippen LogP contribution is -2.54. The SMILES string of the molecule is Cc1ccc(C)c(N(CC(=O)N(Cc2ccc(Cl)cc2)[C@@H](C)C(=O)NC(C)(C)C)S(=O)(=O)c2ccccc2)c1. The summed E-state index contributed by atoms with van der Waals surface area (Å²) in [7, 11) is -4.11. The van der Waals surface area contributed by atoms with Crippen molar-refractivity contribution < 1.29 is 18.0 Å². The van der Waals surface area contributed by atoms with E-state index in [1.54, 1.807) is 62.4 Å². The van der Waals surface area contributed by atoms with Gasteiger partial charge in [0, 0.05) is 17.1 Å². The highest BCUT2D eigenvalue weighted by atomic mass is 35.5. The van der Waals surface area contributed by atoms with Crippen LogP contribution < -0.4 is 9.62 Å². The van der Waals surface area contributed by atoms with Crippen molar-refractivity contribution in [2.75, 3.05) is 10.8 Å². The van der Waals surface area contributed by atoms with Gasteiger partial charge in [-0.25, -0.2) is 8.42 Å². The van der Waals surface area contributed by atoms with Crippen LogP contribution in [0.15, 0.2) is 77.7 Å². The van der Waals surface area contributed by atoms with Gasteiger partial charge < -0.3 is 10.2 Å². The third kappa shape index (κ3) is 7.83. The van der Waals surface area contributed by atoms with Gasteiger partial charge in [0.15, 0.2) is 0 Å². The van der Waals surface area contributed by atoms with Crippen molar-refractivity contribution in [3.63, 3.8) is 0 Å². The molecule has 3 aromatic rings. The van der Waals surface area contributed by atoms with Crippen LogP contribution in [0.1, 0.15) is 44.4 Å². The first kappa shape index (κ1) is 30.2. The van der Waals surface area contributed by atoms with Crippen LogP contribution in [0.4, 0.5) is 5.69 Å². The zero-order chi connectivity index (χ0) is 29.0. The fourth-order valence-electron chi connectivity index (χ4n) is 4.06. The van der Waals surface area contributed by atoms with E-state index in [2.05, 4.69) is 5.32 Å². The molecule has 0 unspecified atom stereocenters. The molecule has 1 N–H and O–H groups in total. The Morgan fingerprint density at radius 1 is 0.949 bits per heavy atom. The van der Waals surface area contributed by atoms with Gasteiger partial charge in [0.25, 0.3) is 10.0 Å². The van der Waals surface area contributed by atoms with Gasteiger partial charge in [0.05, 0.1) is 10.6 Å². The maximum atomic E-state index is 14.0. The van der Waals surface area contributed by atoms with E-state index in [1.165, 1.54) is 17.0 Å². The molecule has 0 aromatic heterocycles. The van der Waals surface area contributed by atoms with Crippen LogP contribution in [0.5, 0.6) is 0 Å². The Labute approximate surface area is 236 Å². The molecule has 208 valence electrons. The van der Waals surface area contributed by atoms with E-state index in [4.69, 9.17) is 11.6 Å². The van der Waals surface area contributed by atoms with Gasteiger partial charge in [-0.15, -0.1) is 0 Å². The third-order valence-electron chi connectivity index (χ3n) is 6.18. The van der Waals surface area contributed by atoms with Crippen LogP contribution in [-0.2, 0) is 26.2 Å². The Morgan fingerprint density at radius 2 is 1.56 bits per heavy atom. The number of carbonyl (C=O) groups excluding carboxylic acids is 2. The highest BCUT2D eigenvalue weighted by molar-refractivity contribution is 7.92. The van der Waals surface area contributed by atoms with Gasteiger partial charge >= 0.3 is 0 Å². The summed E-state index contributed by atoms with van der Waals surface area (Å²) in [5.74, 6) is -0.851. The van der Waals surface area contributed by atoms with Crippen molar-refractivity contribution in [3.05, 3.63) is 94.5 Å². The summed E-state index contributed by atoms with van der Waals surface area (Å²) in [6.07, 6.45) is 0. The van der Waals surface area contributed by atoms with E-state index in [0.717, 1.165) is 15.4 Å².